The second-order valence-corrected chi connectivity index (χ2v) is 6.52. The van der Waals surface area contributed by atoms with Gasteiger partial charge in [0.25, 0.3) is 0 Å². The van der Waals surface area contributed by atoms with Gasteiger partial charge in [0, 0.05) is 6.04 Å². The van der Waals surface area contributed by atoms with Gasteiger partial charge >= 0.3 is 0 Å². The number of nitrogens with one attached hydrogen (secondary N) is 2. The number of rotatable bonds is 2. The van der Waals surface area contributed by atoms with Crippen molar-refractivity contribution in [3.63, 3.8) is 0 Å². The van der Waals surface area contributed by atoms with Crippen LogP contribution < -0.4 is 10.6 Å². The molecule has 0 radical (unpaired) electrons. The normalized spacial score (nSPS) is 51.1. The number of hydrogen-bond donors (Lipinski definition) is 2. The number of piperidine rings is 1. The van der Waals surface area contributed by atoms with Gasteiger partial charge in [0.2, 0.25) is 5.91 Å². The molecule has 1 saturated heterocycles. The summed E-state index contributed by atoms with van der Waals surface area (Å²) in [5, 5.41) is 6.67. The van der Waals surface area contributed by atoms with Crippen LogP contribution in [0.3, 0.4) is 0 Å². The molecule has 0 aromatic carbocycles. The number of carbonyl (C=O) groups is 1. The molecule has 1 aliphatic heterocycles. The predicted octanol–water partition coefficient (Wildman–Crippen LogP) is 1.29. The highest BCUT2D eigenvalue weighted by Crippen LogP contribution is 2.65. The topological polar surface area (TPSA) is 41.1 Å². The summed E-state index contributed by atoms with van der Waals surface area (Å²) in [4.78, 5) is 12.1. The Balaban J connectivity index is 1.35. The average molecular weight is 234 g/mol. The minimum atomic E-state index is 0.0997. The van der Waals surface area contributed by atoms with Crippen molar-refractivity contribution >= 4 is 5.91 Å². The van der Waals surface area contributed by atoms with Crippen LogP contribution in [0.5, 0.6) is 0 Å². The maximum atomic E-state index is 12.1. The fourth-order valence-corrected chi connectivity index (χ4v) is 4.86. The average Bonchev–Trinajstić information content (AvgIpc) is 2.76. The Labute approximate surface area is 103 Å². The standard InChI is InChI=1S/C14H22N2O/c17-14(10-3-1-2-6-15-10)16-13-11-8-4-5-9(7-8)12(11)13/h8-13,15H,1-7H2,(H,16,17). The Hall–Kier alpha value is -0.570. The third-order valence-corrected chi connectivity index (χ3v) is 5.67. The quantitative estimate of drug-likeness (QED) is 0.756. The van der Waals surface area contributed by atoms with Crippen molar-refractivity contribution in [1.29, 1.82) is 0 Å². The molecular weight excluding hydrogens is 212 g/mol. The van der Waals surface area contributed by atoms with Gasteiger partial charge in [-0.3, -0.25) is 4.79 Å². The molecule has 5 atom stereocenters. The summed E-state index contributed by atoms with van der Waals surface area (Å²) in [5.74, 6) is 3.91. The minimum absolute atomic E-state index is 0.0997. The zero-order chi connectivity index (χ0) is 11.4. The monoisotopic (exact) mass is 234 g/mol. The van der Waals surface area contributed by atoms with Crippen molar-refractivity contribution in [3.8, 4) is 0 Å². The summed E-state index contributed by atoms with van der Waals surface area (Å²) >= 11 is 0. The molecular formula is C14H22N2O. The van der Waals surface area contributed by atoms with Crippen molar-refractivity contribution in [2.24, 2.45) is 23.7 Å². The lowest BCUT2D eigenvalue weighted by atomic mass is 10.0. The van der Waals surface area contributed by atoms with E-state index in [0.29, 0.717) is 6.04 Å². The first-order valence-electron chi connectivity index (χ1n) is 7.38. The van der Waals surface area contributed by atoms with Crippen LogP contribution in [-0.4, -0.2) is 24.5 Å². The lowest BCUT2D eigenvalue weighted by molar-refractivity contribution is -0.124. The molecule has 3 aliphatic carbocycles. The summed E-state index contributed by atoms with van der Waals surface area (Å²) in [6.07, 6.45) is 7.78. The molecule has 17 heavy (non-hydrogen) atoms. The molecule has 1 heterocycles. The van der Waals surface area contributed by atoms with Crippen LogP contribution in [0.4, 0.5) is 0 Å². The van der Waals surface area contributed by atoms with E-state index in [9.17, 15) is 4.79 Å². The summed E-state index contributed by atoms with van der Waals surface area (Å²) in [7, 11) is 0. The Morgan fingerprint density at radius 2 is 1.82 bits per heavy atom. The number of hydrogen-bond acceptors (Lipinski definition) is 2. The maximum absolute atomic E-state index is 12.1. The second kappa shape index (κ2) is 3.71. The van der Waals surface area contributed by atoms with E-state index in [0.717, 1.165) is 36.6 Å². The second-order valence-electron chi connectivity index (χ2n) is 6.52. The molecule has 3 heteroatoms. The van der Waals surface area contributed by atoms with Gasteiger partial charge in [-0.1, -0.05) is 6.42 Å². The molecule has 2 bridgehead atoms. The van der Waals surface area contributed by atoms with E-state index < -0.39 is 0 Å². The molecule has 0 aromatic rings. The van der Waals surface area contributed by atoms with Crippen LogP contribution in [0.1, 0.15) is 38.5 Å². The van der Waals surface area contributed by atoms with Crippen LogP contribution in [0, 0.1) is 23.7 Å². The van der Waals surface area contributed by atoms with Crippen molar-refractivity contribution in [1.82, 2.24) is 10.6 Å². The molecule has 4 fully saturated rings. The molecule has 1 amide bonds. The minimum Gasteiger partial charge on any atom is -0.351 e. The summed E-state index contributed by atoms with van der Waals surface area (Å²) < 4.78 is 0. The number of fused-ring (bicyclic) bond motifs is 5. The van der Waals surface area contributed by atoms with Crippen molar-refractivity contribution in [3.05, 3.63) is 0 Å². The van der Waals surface area contributed by atoms with Gasteiger partial charge in [-0.25, -0.2) is 0 Å². The number of carbonyl (C=O) groups excluding carboxylic acids is 1. The first kappa shape index (κ1) is 10.4. The van der Waals surface area contributed by atoms with Gasteiger partial charge in [-0.2, -0.15) is 0 Å². The van der Waals surface area contributed by atoms with E-state index in [2.05, 4.69) is 10.6 Å². The molecule has 0 spiro atoms. The highest BCUT2D eigenvalue weighted by atomic mass is 16.2. The maximum Gasteiger partial charge on any atom is 0.237 e. The summed E-state index contributed by atoms with van der Waals surface area (Å²) in [6.45, 7) is 1.01. The SMILES string of the molecule is O=C(NC1C2C3CCC(C3)C12)C1CCCCN1. The molecule has 3 saturated carbocycles. The van der Waals surface area contributed by atoms with Crippen LogP contribution in [0.15, 0.2) is 0 Å². The third-order valence-electron chi connectivity index (χ3n) is 5.67. The molecule has 94 valence electrons. The number of amides is 1. The Bertz CT molecular complexity index is 321. The van der Waals surface area contributed by atoms with Gasteiger partial charge in [-0.05, 0) is 62.3 Å². The van der Waals surface area contributed by atoms with Gasteiger partial charge in [-0.15, -0.1) is 0 Å². The predicted molar refractivity (Wildman–Crippen MR) is 65.4 cm³/mol. The van der Waals surface area contributed by atoms with Gasteiger partial charge < -0.3 is 10.6 Å². The summed E-state index contributed by atoms with van der Waals surface area (Å²) in [5.41, 5.74) is 0. The van der Waals surface area contributed by atoms with Crippen LogP contribution in [0.25, 0.3) is 0 Å². The van der Waals surface area contributed by atoms with Crippen molar-refractivity contribution in [2.75, 3.05) is 6.54 Å². The Morgan fingerprint density at radius 1 is 1.06 bits per heavy atom. The van der Waals surface area contributed by atoms with Crippen LogP contribution in [-0.2, 0) is 4.79 Å². The molecule has 2 N–H and O–H groups in total. The van der Waals surface area contributed by atoms with E-state index in [4.69, 9.17) is 0 Å². The van der Waals surface area contributed by atoms with E-state index in [1.807, 2.05) is 0 Å². The van der Waals surface area contributed by atoms with Crippen molar-refractivity contribution < 1.29 is 4.79 Å². The smallest absolute Gasteiger partial charge is 0.237 e. The third kappa shape index (κ3) is 1.55. The fraction of sp³-hybridized carbons (Fsp3) is 0.929. The van der Waals surface area contributed by atoms with Crippen molar-refractivity contribution in [2.45, 2.75) is 50.6 Å². The lowest BCUT2D eigenvalue weighted by Crippen LogP contribution is -2.48. The highest BCUT2D eigenvalue weighted by Gasteiger charge is 2.65. The Morgan fingerprint density at radius 3 is 2.47 bits per heavy atom. The zero-order valence-electron chi connectivity index (χ0n) is 10.3. The Kier molecular flexibility index (Phi) is 2.26. The van der Waals surface area contributed by atoms with Gasteiger partial charge in [0.15, 0.2) is 0 Å². The van der Waals surface area contributed by atoms with Crippen LogP contribution in [0.2, 0.25) is 0 Å². The fourth-order valence-electron chi connectivity index (χ4n) is 4.86. The van der Waals surface area contributed by atoms with E-state index in [1.165, 1.54) is 32.1 Å². The summed E-state index contributed by atoms with van der Waals surface area (Å²) in [6, 6.07) is 0.653. The van der Waals surface area contributed by atoms with Gasteiger partial charge in [0.05, 0.1) is 6.04 Å². The molecule has 0 aromatic heterocycles. The zero-order valence-corrected chi connectivity index (χ0v) is 10.3. The molecule has 3 nitrogen and oxygen atoms in total. The van der Waals surface area contributed by atoms with E-state index in [1.54, 1.807) is 0 Å². The van der Waals surface area contributed by atoms with Gasteiger partial charge in [0.1, 0.15) is 0 Å². The van der Waals surface area contributed by atoms with E-state index >= 15 is 0 Å². The largest absolute Gasteiger partial charge is 0.351 e. The lowest BCUT2D eigenvalue weighted by Gasteiger charge is -2.23. The highest BCUT2D eigenvalue weighted by molar-refractivity contribution is 5.82. The first-order chi connectivity index (χ1) is 8.34. The van der Waals surface area contributed by atoms with E-state index in [-0.39, 0.29) is 11.9 Å². The molecule has 4 rings (SSSR count). The van der Waals surface area contributed by atoms with Crippen LogP contribution >= 0.6 is 0 Å². The molecule has 4 aliphatic rings. The molecule has 5 unspecified atom stereocenters. The first-order valence-corrected chi connectivity index (χ1v) is 7.38.